The maximum Gasteiger partial charge on any atom is 0.153 e. The predicted octanol–water partition coefficient (Wildman–Crippen LogP) is 2.27. The van der Waals surface area contributed by atoms with Gasteiger partial charge in [0.2, 0.25) is 0 Å². The highest BCUT2D eigenvalue weighted by Gasteiger charge is 2.27. The molecule has 2 rings (SSSR count). The number of hydrogen-bond donors (Lipinski definition) is 1. The van der Waals surface area contributed by atoms with E-state index in [1.807, 2.05) is 0 Å². The molecule has 3 nitrogen and oxygen atoms in total. The van der Waals surface area contributed by atoms with Crippen molar-refractivity contribution in [2.45, 2.75) is 69.1 Å². The fraction of sp³-hybridized carbons (Fsp3) is 1.00. The molecule has 2 aliphatic rings. The van der Waals surface area contributed by atoms with Gasteiger partial charge in [-0.3, -0.25) is 0 Å². The molecule has 17 heavy (non-hydrogen) atoms. The van der Waals surface area contributed by atoms with Crippen molar-refractivity contribution in [2.24, 2.45) is 0 Å². The standard InChI is InChI=1S/C13H25NO2S/c15-17(16,13-7-2-1-3-8-13)11-9-12-6-4-5-10-14-12/h12-14H,1-11H2. The summed E-state index contributed by atoms with van der Waals surface area (Å²) in [7, 11) is -2.82. The van der Waals surface area contributed by atoms with Gasteiger partial charge in [-0.05, 0) is 38.6 Å². The van der Waals surface area contributed by atoms with Gasteiger partial charge in [-0.25, -0.2) is 8.42 Å². The molecule has 1 heterocycles. The number of hydrogen-bond acceptors (Lipinski definition) is 3. The highest BCUT2D eigenvalue weighted by molar-refractivity contribution is 7.92. The summed E-state index contributed by atoms with van der Waals surface area (Å²) in [5.41, 5.74) is 0. The van der Waals surface area contributed by atoms with Gasteiger partial charge < -0.3 is 5.32 Å². The molecule has 0 aromatic carbocycles. The molecular formula is C13H25NO2S. The lowest BCUT2D eigenvalue weighted by molar-refractivity contribution is 0.391. The van der Waals surface area contributed by atoms with E-state index >= 15 is 0 Å². The fourth-order valence-corrected chi connectivity index (χ4v) is 5.07. The Morgan fingerprint density at radius 3 is 2.29 bits per heavy atom. The Kier molecular flexibility index (Phi) is 4.86. The predicted molar refractivity (Wildman–Crippen MR) is 70.9 cm³/mol. The topological polar surface area (TPSA) is 46.2 Å². The van der Waals surface area contributed by atoms with Crippen LogP contribution in [0.4, 0.5) is 0 Å². The Morgan fingerprint density at radius 2 is 1.65 bits per heavy atom. The number of piperidine rings is 1. The van der Waals surface area contributed by atoms with E-state index in [2.05, 4.69) is 5.32 Å². The summed E-state index contributed by atoms with van der Waals surface area (Å²) >= 11 is 0. The van der Waals surface area contributed by atoms with E-state index in [9.17, 15) is 8.42 Å². The van der Waals surface area contributed by atoms with Gasteiger partial charge in [0.25, 0.3) is 0 Å². The van der Waals surface area contributed by atoms with Crippen molar-refractivity contribution in [3.05, 3.63) is 0 Å². The Hall–Kier alpha value is -0.0900. The molecule has 1 unspecified atom stereocenters. The summed E-state index contributed by atoms with van der Waals surface area (Å²) in [5, 5.41) is 3.40. The van der Waals surface area contributed by atoms with Crippen LogP contribution in [-0.4, -0.2) is 32.0 Å². The first kappa shape index (κ1) is 13.3. The lowest BCUT2D eigenvalue weighted by Gasteiger charge is -2.25. The first-order chi connectivity index (χ1) is 8.18. The molecule has 0 aromatic rings. The highest BCUT2D eigenvalue weighted by Crippen LogP contribution is 2.25. The van der Waals surface area contributed by atoms with Crippen LogP contribution in [0.15, 0.2) is 0 Å². The summed E-state index contributed by atoms with van der Waals surface area (Å²) in [6.07, 6.45) is 9.69. The summed E-state index contributed by atoms with van der Waals surface area (Å²) in [6.45, 7) is 1.06. The minimum Gasteiger partial charge on any atom is -0.314 e. The monoisotopic (exact) mass is 259 g/mol. The zero-order chi connectivity index (χ0) is 12.1. The lowest BCUT2D eigenvalue weighted by Crippen LogP contribution is -2.36. The number of nitrogens with one attached hydrogen (secondary N) is 1. The van der Waals surface area contributed by atoms with Crippen molar-refractivity contribution >= 4 is 9.84 Å². The normalized spacial score (nSPS) is 28.1. The summed E-state index contributed by atoms with van der Waals surface area (Å²) in [6, 6.07) is 0.446. The Morgan fingerprint density at radius 1 is 0.941 bits per heavy atom. The average Bonchev–Trinajstić information content (AvgIpc) is 2.39. The lowest BCUT2D eigenvalue weighted by atomic mass is 10.0. The molecule has 100 valence electrons. The van der Waals surface area contributed by atoms with Gasteiger partial charge in [-0.1, -0.05) is 25.7 Å². The zero-order valence-electron chi connectivity index (χ0n) is 10.7. The van der Waals surface area contributed by atoms with Crippen molar-refractivity contribution in [3.63, 3.8) is 0 Å². The molecule has 2 fully saturated rings. The van der Waals surface area contributed by atoms with Crippen molar-refractivity contribution in [1.29, 1.82) is 0 Å². The van der Waals surface area contributed by atoms with Crippen LogP contribution < -0.4 is 5.32 Å². The van der Waals surface area contributed by atoms with Crippen molar-refractivity contribution in [1.82, 2.24) is 5.32 Å². The Balaban J connectivity index is 1.79. The minimum atomic E-state index is -2.82. The minimum absolute atomic E-state index is 0.0279. The van der Waals surface area contributed by atoms with E-state index in [1.165, 1.54) is 19.3 Å². The van der Waals surface area contributed by atoms with Crippen LogP contribution in [0.25, 0.3) is 0 Å². The van der Waals surface area contributed by atoms with Gasteiger partial charge in [0.05, 0.1) is 11.0 Å². The van der Waals surface area contributed by atoms with E-state index in [4.69, 9.17) is 0 Å². The van der Waals surface area contributed by atoms with Crippen LogP contribution in [0.1, 0.15) is 57.8 Å². The third-order valence-electron chi connectivity index (χ3n) is 4.22. The van der Waals surface area contributed by atoms with E-state index < -0.39 is 9.84 Å². The molecule has 0 amide bonds. The van der Waals surface area contributed by atoms with E-state index in [0.717, 1.165) is 45.1 Å². The second kappa shape index (κ2) is 6.19. The van der Waals surface area contributed by atoms with Crippen molar-refractivity contribution in [2.75, 3.05) is 12.3 Å². The zero-order valence-corrected chi connectivity index (χ0v) is 11.5. The van der Waals surface area contributed by atoms with Gasteiger partial charge >= 0.3 is 0 Å². The van der Waals surface area contributed by atoms with Crippen molar-refractivity contribution in [3.8, 4) is 0 Å². The first-order valence-electron chi connectivity index (χ1n) is 7.13. The maximum atomic E-state index is 12.2. The summed E-state index contributed by atoms with van der Waals surface area (Å²) in [4.78, 5) is 0. The maximum absolute atomic E-state index is 12.2. The SMILES string of the molecule is O=S(=O)(CCC1CCCCN1)C1CCCCC1. The average molecular weight is 259 g/mol. The molecule has 1 saturated heterocycles. The molecule has 1 atom stereocenters. The van der Waals surface area contributed by atoms with Crippen LogP contribution >= 0.6 is 0 Å². The third kappa shape index (κ3) is 3.95. The van der Waals surface area contributed by atoms with Crippen LogP contribution in [0.5, 0.6) is 0 Å². The molecule has 1 aliphatic carbocycles. The summed E-state index contributed by atoms with van der Waals surface area (Å²) < 4.78 is 24.4. The van der Waals surface area contributed by atoms with Crippen LogP contribution in [0, 0.1) is 0 Å². The Labute approximate surface area is 105 Å². The molecule has 1 N–H and O–H groups in total. The van der Waals surface area contributed by atoms with Gasteiger partial charge in [0.15, 0.2) is 9.84 Å². The second-order valence-electron chi connectivity index (χ2n) is 5.56. The number of sulfone groups is 1. The van der Waals surface area contributed by atoms with Gasteiger partial charge in [0, 0.05) is 6.04 Å². The molecule has 1 aliphatic heterocycles. The third-order valence-corrected chi connectivity index (χ3v) is 6.52. The van der Waals surface area contributed by atoms with Gasteiger partial charge in [-0.2, -0.15) is 0 Å². The highest BCUT2D eigenvalue weighted by atomic mass is 32.2. The van der Waals surface area contributed by atoms with Gasteiger partial charge in [-0.15, -0.1) is 0 Å². The number of rotatable bonds is 4. The van der Waals surface area contributed by atoms with E-state index in [-0.39, 0.29) is 5.25 Å². The molecule has 0 spiro atoms. The summed E-state index contributed by atoms with van der Waals surface area (Å²) in [5.74, 6) is 0.398. The largest absolute Gasteiger partial charge is 0.314 e. The smallest absolute Gasteiger partial charge is 0.153 e. The quantitative estimate of drug-likeness (QED) is 0.842. The fourth-order valence-electron chi connectivity index (χ4n) is 3.07. The van der Waals surface area contributed by atoms with Gasteiger partial charge in [0.1, 0.15) is 0 Å². The van der Waals surface area contributed by atoms with E-state index in [0.29, 0.717) is 11.8 Å². The molecule has 1 saturated carbocycles. The molecule has 0 aromatic heterocycles. The van der Waals surface area contributed by atoms with Crippen LogP contribution in [-0.2, 0) is 9.84 Å². The molecule has 0 bridgehead atoms. The molecule has 4 heteroatoms. The van der Waals surface area contributed by atoms with Crippen LogP contribution in [0.3, 0.4) is 0 Å². The van der Waals surface area contributed by atoms with Crippen molar-refractivity contribution < 1.29 is 8.42 Å². The first-order valence-corrected chi connectivity index (χ1v) is 8.85. The molecular weight excluding hydrogens is 234 g/mol. The molecule has 0 radical (unpaired) electrons. The second-order valence-corrected chi connectivity index (χ2v) is 7.96. The van der Waals surface area contributed by atoms with E-state index in [1.54, 1.807) is 0 Å². The Bertz CT molecular complexity index is 314. The van der Waals surface area contributed by atoms with Crippen LogP contribution in [0.2, 0.25) is 0 Å².